The molecule has 0 aliphatic heterocycles. The van der Waals surface area contributed by atoms with Crippen molar-refractivity contribution in [2.45, 2.75) is 18.2 Å². The maximum absolute atomic E-state index is 11.2. The van der Waals surface area contributed by atoms with Crippen LogP contribution in [0.15, 0.2) is 23.1 Å². The molecule has 0 atom stereocenters. The lowest BCUT2D eigenvalue weighted by Crippen LogP contribution is -2.24. The van der Waals surface area contributed by atoms with Crippen LogP contribution in [-0.4, -0.2) is 43.4 Å². The highest BCUT2D eigenvalue weighted by atomic mass is 35.5. The number of esters is 1. The van der Waals surface area contributed by atoms with Crippen LogP contribution in [0.25, 0.3) is 0 Å². The molecule has 0 fully saturated rings. The van der Waals surface area contributed by atoms with E-state index in [1.165, 1.54) is 0 Å². The summed E-state index contributed by atoms with van der Waals surface area (Å²) in [6, 6.07) is 5.45. The first kappa shape index (κ1) is 17.6. The zero-order valence-corrected chi connectivity index (χ0v) is 14.0. The normalized spacial score (nSPS) is 10.8. The Bertz CT molecular complexity index is 443. The van der Waals surface area contributed by atoms with Crippen LogP contribution in [0.2, 0.25) is 10.0 Å². The smallest absolute Gasteiger partial charge is 0.307 e. The van der Waals surface area contributed by atoms with Crippen LogP contribution in [0.1, 0.15) is 13.3 Å². The average molecular weight is 336 g/mol. The molecule has 6 heteroatoms. The SMILES string of the molecule is CCOC(=O)CCN(C)CCSc1cc(Cl)ccc1Cl. The minimum Gasteiger partial charge on any atom is -0.466 e. The van der Waals surface area contributed by atoms with E-state index in [2.05, 4.69) is 4.90 Å². The van der Waals surface area contributed by atoms with Gasteiger partial charge in [0.2, 0.25) is 0 Å². The average Bonchev–Trinajstić information content (AvgIpc) is 2.41. The van der Waals surface area contributed by atoms with Crippen molar-refractivity contribution in [2.75, 3.05) is 32.5 Å². The fourth-order valence-electron chi connectivity index (χ4n) is 1.53. The topological polar surface area (TPSA) is 29.5 Å². The quantitative estimate of drug-likeness (QED) is 0.531. The second-order valence-corrected chi connectivity index (χ2v) is 6.26. The lowest BCUT2D eigenvalue weighted by atomic mass is 10.4. The van der Waals surface area contributed by atoms with Crippen molar-refractivity contribution in [1.29, 1.82) is 0 Å². The van der Waals surface area contributed by atoms with Gasteiger partial charge in [0, 0.05) is 28.8 Å². The molecule has 0 amide bonds. The largest absolute Gasteiger partial charge is 0.466 e. The molecule has 0 saturated carbocycles. The number of rotatable bonds is 8. The molecule has 0 aliphatic carbocycles. The summed E-state index contributed by atoms with van der Waals surface area (Å²) in [5.41, 5.74) is 0. The summed E-state index contributed by atoms with van der Waals surface area (Å²) in [4.78, 5) is 14.3. The number of carbonyl (C=O) groups is 1. The Balaban J connectivity index is 2.26. The Morgan fingerprint density at radius 2 is 2.10 bits per heavy atom. The van der Waals surface area contributed by atoms with Crippen LogP contribution < -0.4 is 0 Å². The van der Waals surface area contributed by atoms with Crippen LogP contribution in [0.5, 0.6) is 0 Å². The molecule has 1 aromatic rings. The van der Waals surface area contributed by atoms with Gasteiger partial charge in [-0.3, -0.25) is 4.79 Å². The van der Waals surface area contributed by atoms with Crippen LogP contribution >= 0.6 is 35.0 Å². The van der Waals surface area contributed by atoms with Crippen molar-refractivity contribution in [3.8, 4) is 0 Å². The lowest BCUT2D eigenvalue weighted by Gasteiger charge is -2.15. The minimum atomic E-state index is -0.148. The van der Waals surface area contributed by atoms with Crippen LogP contribution in [0.3, 0.4) is 0 Å². The van der Waals surface area contributed by atoms with E-state index in [1.54, 1.807) is 23.9 Å². The third-order valence-electron chi connectivity index (χ3n) is 2.63. The molecule has 1 rings (SSSR count). The Kier molecular flexibility index (Phi) is 8.38. The van der Waals surface area contributed by atoms with E-state index >= 15 is 0 Å². The zero-order chi connectivity index (χ0) is 15.0. The van der Waals surface area contributed by atoms with Crippen molar-refractivity contribution in [3.05, 3.63) is 28.2 Å². The summed E-state index contributed by atoms with van der Waals surface area (Å²) in [6.45, 7) is 3.81. The van der Waals surface area contributed by atoms with Gasteiger partial charge in [0.15, 0.2) is 0 Å². The van der Waals surface area contributed by atoms with Crippen molar-refractivity contribution in [1.82, 2.24) is 4.90 Å². The number of hydrogen-bond donors (Lipinski definition) is 0. The van der Waals surface area contributed by atoms with Gasteiger partial charge in [0.1, 0.15) is 0 Å². The highest BCUT2D eigenvalue weighted by molar-refractivity contribution is 7.99. The van der Waals surface area contributed by atoms with Gasteiger partial charge < -0.3 is 9.64 Å². The Labute approximate surface area is 134 Å². The Morgan fingerprint density at radius 3 is 2.80 bits per heavy atom. The molecule has 0 bridgehead atoms. The van der Waals surface area contributed by atoms with E-state index < -0.39 is 0 Å². The molecule has 0 spiro atoms. The van der Waals surface area contributed by atoms with Gasteiger partial charge in [-0.1, -0.05) is 23.2 Å². The predicted octanol–water partition coefficient (Wildman–Crippen LogP) is 3.97. The van der Waals surface area contributed by atoms with Crippen LogP contribution in [-0.2, 0) is 9.53 Å². The highest BCUT2D eigenvalue weighted by Gasteiger charge is 2.06. The number of benzene rings is 1. The molecule has 112 valence electrons. The summed E-state index contributed by atoms with van der Waals surface area (Å²) < 4.78 is 4.89. The van der Waals surface area contributed by atoms with Gasteiger partial charge in [0.05, 0.1) is 18.1 Å². The number of hydrogen-bond acceptors (Lipinski definition) is 4. The molecule has 0 unspecified atom stereocenters. The number of ether oxygens (including phenoxy) is 1. The van der Waals surface area contributed by atoms with Crippen LogP contribution in [0.4, 0.5) is 0 Å². The van der Waals surface area contributed by atoms with Crippen molar-refractivity contribution >= 4 is 40.9 Å². The fraction of sp³-hybridized carbons (Fsp3) is 0.500. The minimum absolute atomic E-state index is 0.148. The van der Waals surface area contributed by atoms with E-state index in [0.29, 0.717) is 29.6 Å². The molecule has 0 N–H and O–H groups in total. The first-order valence-electron chi connectivity index (χ1n) is 6.45. The molecule has 20 heavy (non-hydrogen) atoms. The first-order valence-corrected chi connectivity index (χ1v) is 8.19. The molecule has 3 nitrogen and oxygen atoms in total. The Morgan fingerprint density at radius 1 is 1.35 bits per heavy atom. The predicted molar refractivity (Wildman–Crippen MR) is 85.9 cm³/mol. The molecular weight excluding hydrogens is 317 g/mol. The molecule has 0 aliphatic rings. The van der Waals surface area contributed by atoms with Crippen molar-refractivity contribution in [2.24, 2.45) is 0 Å². The summed E-state index contributed by atoms with van der Waals surface area (Å²) in [5, 5.41) is 1.40. The summed E-state index contributed by atoms with van der Waals surface area (Å²) >= 11 is 13.7. The second-order valence-electron chi connectivity index (χ2n) is 4.28. The number of thioether (sulfide) groups is 1. The Hall–Kier alpha value is -0.420. The maximum Gasteiger partial charge on any atom is 0.307 e. The number of halogens is 2. The van der Waals surface area contributed by atoms with Gasteiger partial charge >= 0.3 is 5.97 Å². The van der Waals surface area contributed by atoms with Gasteiger partial charge in [0.25, 0.3) is 0 Å². The molecule has 0 aromatic heterocycles. The summed E-state index contributed by atoms with van der Waals surface area (Å²) in [7, 11) is 1.99. The number of carbonyl (C=O) groups excluding carboxylic acids is 1. The first-order chi connectivity index (χ1) is 9.52. The van der Waals surface area contributed by atoms with E-state index in [-0.39, 0.29) is 5.97 Å². The molecule has 0 saturated heterocycles. The zero-order valence-electron chi connectivity index (χ0n) is 11.7. The van der Waals surface area contributed by atoms with Crippen LogP contribution in [0, 0.1) is 0 Å². The third-order valence-corrected chi connectivity index (χ3v) is 4.34. The molecular formula is C14H19Cl2NO2S. The molecule has 0 heterocycles. The van der Waals surface area contributed by atoms with Crippen molar-refractivity contribution < 1.29 is 9.53 Å². The van der Waals surface area contributed by atoms with Gasteiger partial charge in [-0.05, 0) is 32.2 Å². The maximum atomic E-state index is 11.2. The summed E-state index contributed by atoms with van der Waals surface area (Å²) in [5.74, 6) is 0.740. The molecule has 0 radical (unpaired) electrons. The second kappa shape index (κ2) is 9.50. The highest BCUT2D eigenvalue weighted by Crippen LogP contribution is 2.29. The monoisotopic (exact) mass is 335 g/mol. The van der Waals surface area contributed by atoms with E-state index in [1.807, 2.05) is 20.0 Å². The van der Waals surface area contributed by atoms with Gasteiger partial charge in [-0.2, -0.15) is 0 Å². The standard InChI is InChI=1S/C14H19Cl2NO2S/c1-3-19-14(18)6-7-17(2)8-9-20-13-10-11(15)4-5-12(13)16/h4-5,10H,3,6-9H2,1-2H3. The lowest BCUT2D eigenvalue weighted by molar-refractivity contribution is -0.143. The third kappa shape index (κ3) is 6.84. The molecule has 1 aromatic carbocycles. The summed E-state index contributed by atoms with van der Waals surface area (Å²) in [6.07, 6.45) is 0.424. The van der Waals surface area contributed by atoms with E-state index in [0.717, 1.165) is 17.2 Å². The van der Waals surface area contributed by atoms with Crippen molar-refractivity contribution in [3.63, 3.8) is 0 Å². The van der Waals surface area contributed by atoms with Gasteiger partial charge in [-0.15, -0.1) is 11.8 Å². The van der Waals surface area contributed by atoms with E-state index in [4.69, 9.17) is 27.9 Å². The van der Waals surface area contributed by atoms with E-state index in [9.17, 15) is 4.79 Å². The van der Waals surface area contributed by atoms with Gasteiger partial charge in [-0.25, -0.2) is 0 Å². The fourth-order valence-corrected chi connectivity index (χ4v) is 3.08. The number of nitrogens with zero attached hydrogens (tertiary/aromatic N) is 1.